The Bertz CT molecular complexity index is 488. The van der Waals surface area contributed by atoms with E-state index in [1.807, 2.05) is 17.2 Å². The molecule has 6 heteroatoms. The molecule has 0 saturated carbocycles. The highest BCUT2D eigenvalue weighted by Gasteiger charge is 2.27. The van der Waals surface area contributed by atoms with Crippen molar-refractivity contribution in [1.29, 1.82) is 5.26 Å². The molecular weight excluding hydrogens is 282 g/mol. The molecule has 102 valence electrons. The third-order valence-corrected chi connectivity index (χ3v) is 4.72. The first-order valence-electron chi connectivity index (χ1n) is 6.33. The largest absolute Gasteiger partial charge is 0.335 e. The zero-order valence-electron chi connectivity index (χ0n) is 10.8. The van der Waals surface area contributed by atoms with Crippen LogP contribution in [0.25, 0.3) is 0 Å². The van der Waals surface area contributed by atoms with Gasteiger partial charge in [-0.1, -0.05) is 18.5 Å². The van der Waals surface area contributed by atoms with Crippen LogP contribution in [0.1, 0.15) is 23.0 Å². The smallest absolute Gasteiger partial charge is 0.265 e. The van der Waals surface area contributed by atoms with Gasteiger partial charge >= 0.3 is 0 Å². The predicted molar refractivity (Wildman–Crippen MR) is 76.5 cm³/mol. The lowest BCUT2D eigenvalue weighted by molar-refractivity contribution is 0.0609. The number of hydrogen-bond acceptors (Lipinski definition) is 4. The maximum Gasteiger partial charge on any atom is 0.265 e. The number of nitriles is 1. The lowest BCUT2D eigenvalue weighted by atomic mass is 10.2. The molecule has 1 aromatic rings. The Kier molecular flexibility index (Phi) is 4.81. The van der Waals surface area contributed by atoms with Gasteiger partial charge in [0, 0.05) is 26.2 Å². The average molecular weight is 298 g/mol. The van der Waals surface area contributed by atoms with Crippen molar-refractivity contribution in [3.63, 3.8) is 0 Å². The van der Waals surface area contributed by atoms with E-state index in [0.717, 1.165) is 19.5 Å². The Labute approximate surface area is 122 Å². The van der Waals surface area contributed by atoms with Crippen LogP contribution in [0.15, 0.2) is 11.4 Å². The molecule has 4 nitrogen and oxygen atoms in total. The molecule has 1 fully saturated rings. The highest BCUT2D eigenvalue weighted by Crippen LogP contribution is 2.24. The zero-order valence-corrected chi connectivity index (χ0v) is 12.4. The fraction of sp³-hybridized carbons (Fsp3) is 0.538. The minimum absolute atomic E-state index is 0.00431. The minimum atomic E-state index is -0.0393. The lowest BCUT2D eigenvalue weighted by Gasteiger charge is -2.36. The summed E-state index contributed by atoms with van der Waals surface area (Å²) in [5, 5.41) is 11.4. The van der Waals surface area contributed by atoms with Gasteiger partial charge < -0.3 is 4.90 Å². The number of thiophene rings is 1. The maximum atomic E-state index is 12.3. The van der Waals surface area contributed by atoms with Gasteiger partial charge in [-0.15, -0.1) is 11.3 Å². The predicted octanol–water partition coefficient (Wildman–Crippen LogP) is 2.46. The Morgan fingerprint density at radius 1 is 1.53 bits per heavy atom. The number of carbonyl (C=O) groups is 1. The first-order valence-corrected chi connectivity index (χ1v) is 7.59. The van der Waals surface area contributed by atoms with Crippen LogP contribution in [0, 0.1) is 11.3 Å². The summed E-state index contributed by atoms with van der Waals surface area (Å²) in [5.41, 5.74) is 0. The van der Waals surface area contributed by atoms with Gasteiger partial charge in [-0.3, -0.25) is 9.69 Å². The molecule has 1 aliphatic heterocycles. The molecule has 1 aliphatic rings. The van der Waals surface area contributed by atoms with Crippen LogP contribution in [-0.4, -0.2) is 47.9 Å². The van der Waals surface area contributed by atoms with E-state index in [2.05, 4.69) is 11.0 Å². The van der Waals surface area contributed by atoms with Crippen molar-refractivity contribution >= 4 is 28.8 Å². The van der Waals surface area contributed by atoms with Crippen molar-refractivity contribution in [3.05, 3.63) is 21.3 Å². The SMILES string of the molecule is CCC(C#N)N1CCN(C(=O)c2sccc2Cl)CC1. The molecule has 2 rings (SSSR count). The normalized spacial score (nSPS) is 18.1. The zero-order chi connectivity index (χ0) is 13.8. The van der Waals surface area contributed by atoms with Gasteiger partial charge in [-0.2, -0.15) is 5.26 Å². The van der Waals surface area contributed by atoms with Gasteiger partial charge in [0.2, 0.25) is 0 Å². The summed E-state index contributed by atoms with van der Waals surface area (Å²) in [4.78, 5) is 16.8. The fourth-order valence-corrected chi connectivity index (χ4v) is 3.36. The molecule has 0 N–H and O–H groups in total. The maximum absolute atomic E-state index is 12.3. The number of rotatable bonds is 3. The number of hydrogen-bond donors (Lipinski definition) is 0. The van der Waals surface area contributed by atoms with E-state index in [-0.39, 0.29) is 11.9 Å². The van der Waals surface area contributed by atoms with Crippen LogP contribution in [0.3, 0.4) is 0 Å². The van der Waals surface area contributed by atoms with Crippen LogP contribution >= 0.6 is 22.9 Å². The Morgan fingerprint density at radius 2 is 2.21 bits per heavy atom. The summed E-state index contributed by atoms with van der Waals surface area (Å²) in [7, 11) is 0. The molecule has 1 saturated heterocycles. The molecule has 0 spiro atoms. The van der Waals surface area contributed by atoms with Crippen molar-refractivity contribution in [3.8, 4) is 6.07 Å². The number of nitrogens with zero attached hydrogens (tertiary/aromatic N) is 3. The molecule has 0 aliphatic carbocycles. The molecule has 1 amide bonds. The topological polar surface area (TPSA) is 47.3 Å². The summed E-state index contributed by atoms with van der Waals surface area (Å²) < 4.78 is 0. The van der Waals surface area contributed by atoms with Crippen molar-refractivity contribution in [2.24, 2.45) is 0 Å². The summed E-state index contributed by atoms with van der Waals surface area (Å²) in [6.07, 6.45) is 0.821. The number of carbonyl (C=O) groups excluding carboxylic acids is 1. The van der Waals surface area contributed by atoms with Crippen LogP contribution in [-0.2, 0) is 0 Å². The molecule has 1 atom stereocenters. The van der Waals surface area contributed by atoms with Gasteiger partial charge in [-0.05, 0) is 17.9 Å². The monoisotopic (exact) mass is 297 g/mol. The van der Waals surface area contributed by atoms with Crippen LogP contribution < -0.4 is 0 Å². The van der Waals surface area contributed by atoms with Crippen LogP contribution in [0.4, 0.5) is 0 Å². The first kappa shape index (κ1) is 14.3. The van der Waals surface area contributed by atoms with E-state index in [1.54, 1.807) is 6.07 Å². The summed E-state index contributed by atoms with van der Waals surface area (Å²) in [6.45, 7) is 4.83. The van der Waals surface area contributed by atoms with E-state index in [1.165, 1.54) is 11.3 Å². The van der Waals surface area contributed by atoms with Gasteiger partial charge in [-0.25, -0.2) is 0 Å². The standard InChI is InChI=1S/C13H16ClN3OS/c1-2-10(9-15)16-4-6-17(7-5-16)13(18)12-11(14)3-8-19-12/h3,8,10H,2,4-7H2,1H3. The van der Waals surface area contributed by atoms with Gasteiger partial charge in [0.25, 0.3) is 5.91 Å². The second-order valence-corrected chi connectivity index (χ2v) is 5.80. The minimum Gasteiger partial charge on any atom is -0.335 e. The highest BCUT2D eigenvalue weighted by molar-refractivity contribution is 7.12. The second-order valence-electron chi connectivity index (χ2n) is 4.48. The van der Waals surface area contributed by atoms with Crippen molar-refractivity contribution in [2.75, 3.05) is 26.2 Å². The van der Waals surface area contributed by atoms with Crippen molar-refractivity contribution in [1.82, 2.24) is 9.80 Å². The van der Waals surface area contributed by atoms with Gasteiger partial charge in [0.05, 0.1) is 17.1 Å². The number of amides is 1. The first-order chi connectivity index (χ1) is 9.17. The Hall–Kier alpha value is -1.09. The third kappa shape index (κ3) is 3.08. The van der Waals surface area contributed by atoms with Crippen molar-refractivity contribution in [2.45, 2.75) is 19.4 Å². The summed E-state index contributed by atoms with van der Waals surface area (Å²) >= 11 is 7.37. The van der Waals surface area contributed by atoms with E-state index in [0.29, 0.717) is 23.0 Å². The molecule has 0 bridgehead atoms. The molecule has 2 heterocycles. The van der Waals surface area contributed by atoms with E-state index >= 15 is 0 Å². The third-order valence-electron chi connectivity index (χ3n) is 3.39. The van der Waals surface area contributed by atoms with Crippen molar-refractivity contribution < 1.29 is 4.79 Å². The Morgan fingerprint density at radius 3 is 2.68 bits per heavy atom. The molecule has 0 radical (unpaired) electrons. The average Bonchev–Trinajstić information content (AvgIpc) is 2.86. The molecule has 0 aromatic carbocycles. The Balaban J connectivity index is 1.96. The number of halogens is 1. The molecule has 19 heavy (non-hydrogen) atoms. The molecular formula is C13H16ClN3OS. The van der Waals surface area contributed by atoms with Gasteiger partial charge in [0.1, 0.15) is 4.88 Å². The van der Waals surface area contributed by atoms with E-state index in [4.69, 9.17) is 16.9 Å². The highest BCUT2D eigenvalue weighted by atomic mass is 35.5. The van der Waals surface area contributed by atoms with Gasteiger partial charge in [0.15, 0.2) is 0 Å². The quantitative estimate of drug-likeness (QED) is 0.861. The van der Waals surface area contributed by atoms with E-state index in [9.17, 15) is 4.79 Å². The number of piperazine rings is 1. The van der Waals surface area contributed by atoms with E-state index < -0.39 is 0 Å². The fourth-order valence-electron chi connectivity index (χ4n) is 2.26. The summed E-state index contributed by atoms with van der Waals surface area (Å²) in [6, 6.07) is 4.01. The molecule has 1 unspecified atom stereocenters. The van der Waals surface area contributed by atoms with Crippen LogP contribution in [0.2, 0.25) is 5.02 Å². The molecule has 1 aromatic heterocycles. The summed E-state index contributed by atoms with van der Waals surface area (Å²) in [5.74, 6) is 0.00431. The lowest BCUT2D eigenvalue weighted by Crippen LogP contribution is -2.51. The van der Waals surface area contributed by atoms with Crippen LogP contribution in [0.5, 0.6) is 0 Å². The second kappa shape index (κ2) is 6.38.